The Balaban J connectivity index is 2.50. The second kappa shape index (κ2) is 4.58. The van der Waals surface area contributed by atoms with E-state index in [1.165, 1.54) is 0 Å². The minimum atomic E-state index is -2.18. The normalized spacial score (nSPS) is 30.1. The van der Waals surface area contributed by atoms with Crippen molar-refractivity contribution in [1.29, 1.82) is 0 Å². The quantitative estimate of drug-likeness (QED) is 0.775. The van der Waals surface area contributed by atoms with Gasteiger partial charge in [0.15, 0.2) is 0 Å². The highest BCUT2D eigenvalue weighted by molar-refractivity contribution is 7.94. The SMILES string of the molecule is CC(C)[C@@H]1CCCN=[S@@]1(=O)c1ccccc1. The highest BCUT2D eigenvalue weighted by Gasteiger charge is 2.30. The molecule has 0 spiro atoms. The molecule has 0 saturated heterocycles. The lowest BCUT2D eigenvalue weighted by molar-refractivity contribution is 0.520. The molecule has 16 heavy (non-hydrogen) atoms. The Kier molecular flexibility index (Phi) is 3.33. The van der Waals surface area contributed by atoms with Crippen LogP contribution in [-0.4, -0.2) is 16.0 Å². The third-order valence-electron chi connectivity index (χ3n) is 3.16. The van der Waals surface area contributed by atoms with E-state index in [0.29, 0.717) is 5.92 Å². The number of hydrogen-bond acceptors (Lipinski definition) is 2. The van der Waals surface area contributed by atoms with Crippen LogP contribution in [0.1, 0.15) is 26.7 Å². The Hall–Kier alpha value is -0.830. The maximum absolute atomic E-state index is 13.0. The molecule has 0 fully saturated rings. The number of nitrogens with zero attached hydrogens (tertiary/aromatic N) is 1. The summed E-state index contributed by atoms with van der Waals surface area (Å²) in [4.78, 5) is 0.911. The van der Waals surface area contributed by atoms with Gasteiger partial charge in [-0.2, -0.15) is 0 Å². The smallest absolute Gasteiger partial charge is 0.0783 e. The fourth-order valence-corrected chi connectivity index (χ4v) is 5.18. The molecule has 1 heterocycles. The highest BCUT2D eigenvalue weighted by atomic mass is 32.2. The Bertz CT molecular complexity index is 458. The molecule has 0 saturated carbocycles. The van der Waals surface area contributed by atoms with Gasteiger partial charge in [-0.1, -0.05) is 32.0 Å². The van der Waals surface area contributed by atoms with Gasteiger partial charge in [0.2, 0.25) is 0 Å². The Morgan fingerprint density at radius 1 is 1.31 bits per heavy atom. The van der Waals surface area contributed by atoms with E-state index in [9.17, 15) is 4.21 Å². The third kappa shape index (κ3) is 2.01. The first-order valence-electron chi connectivity index (χ1n) is 5.91. The summed E-state index contributed by atoms with van der Waals surface area (Å²) in [5.41, 5.74) is 0. The first-order chi connectivity index (χ1) is 7.64. The monoisotopic (exact) mass is 237 g/mol. The van der Waals surface area contributed by atoms with Crippen LogP contribution in [0.5, 0.6) is 0 Å². The zero-order valence-corrected chi connectivity index (χ0v) is 10.7. The van der Waals surface area contributed by atoms with E-state index in [2.05, 4.69) is 18.2 Å². The Morgan fingerprint density at radius 3 is 2.62 bits per heavy atom. The van der Waals surface area contributed by atoms with Gasteiger partial charge in [0.1, 0.15) is 0 Å². The van der Waals surface area contributed by atoms with Crippen molar-refractivity contribution in [2.45, 2.75) is 36.8 Å². The van der Waals surface area contributed by atoms with Gasteiger partial charge in [0.25, 0.3) is 0 Å². The van der Waals surface area contributed by atoms with Crippen molar-refractivity contribution >= 4 is 9.73 Å². The standard InChI is InChI=1S/C13H19NOS/c1-11(2)13-9-6-10-14-16(13,15)12-7-4-3-5-8-12/h3-5,7-8,11,13H,6,9-10H2,1-2H3/t13-,16+/m0/s1. The van der Waals surface area contributed by atoms with Crippen molar-refractivity contribution in [2.24, 2.45) is 10.3 Å². The van der Waals surface area contributed by atoms with E-state index in [-0.39, 0.29) is 5.25 Å². The van der Waals surface area contributed by atoms with Crippen LogP contribution < -0.4 is 0 Å². The summed E-state index contributed by atoms with van der Waals surface area (Å²) in [6.07, 6.45) is 2.11. The van der Waals surface area contributed by atoms with Crippen LogP contribution in [-0.2, 0) is 9.73 Å². The summed E-state index contributed by atoms with van der Waals surface area (Å²) < 4.78 is 17.5. The van der Waals surface area contributed by atoms with Gasteiger partial charge in [-0.15, -0.1) is 0 Å². The molecule has 3 heteroatoms. The van der Waals surface area contributed by atoms with E-state index in [1.54, 1.807) is 0 Å². The fourth-order valence-electron chi connectivity index (χ4n) is 2.32. The summed E-state index contributed by atoms with van der Waals surface area (Å²) in [6, 6.07) is 9.76. The van der Waals surface area contributed by atoms with Crippen LogP contribution in [0.2, 0.25) is 0 Å². The van der Waals surface area contributed by atoms with Gasteiger partial charge in [-0.25, -0.2) is 8.57 Å². The number of hydrogen-bond donors (Lipinski definition) is 0. The second-order valence-electron chi connectivity index (χ2n) is 4.66. The predicted molar refractivity (Wildman–Crippen MR) is 68.0 cm³/mol. The molecule has 2 rings (SSSR count). The zero-order valence-electron chi connectivity index (χ0n) is 9.93. The first kappa shape index (κ1) is 11.6. The van der Waals surface area contributed by atoms with E-state index >= 15 is 0 Å². The number of benzene rings is 1. The minimum absolute atomic E-state index is 0.212. The van der Waals surface area contributed by atoms with Crippen molar-refractivity contribution in [3.8, 4) is 0 Å². The second-order valence-corrected chi connectivity index (χ2v) is 7.13. The molecule has 0 aromatic heterocycles. The molecule has 0 amide bonds. The summed E-state index contributed by atoms with van der Waals surface area (Å²) in [7, 11) is -2.18. The molecule has 0 bridgehead atoms. The Labute approximate surface area is 98.3 Å². The molecule has 1 aliphatic rings. The molecule has 1 aromatic carbocycles. The lowest BCUT2D eigenvalue weighted by Crippen LogP contribution is -2.30. The van der Waals surface area contributed by atoms with Gasteiger partial charge in [-0.05, 0) is 30.9 Å². The molecule has 0 N–H and O–H groups in total. The van der Waals surface area contributed by atoms with E-state index < -0.39 is 9.73 Å². The largest absolute Gasteiger partial charge is 0.244 e. The molecule has 0 unspecified atom stereocenters. The first-order valence-corrected chi connectivity index (χ1v) is 7.49. The third-order valence-corrected chi connectivity index (χ3v) is 6.28. The summed E-state index contributed by atoms with van der Waals surface area (Å²) >= 11 is 0. The summed E-state index contributed by atoms with van der Waals surface area (Å²) in [5.74, 6) is 0.428. The molecule has 1 aromatic rings. The van der Waals surface area contributed by atoms with Crippen LogP contribution in [0.15, 0.2) is 39.6 Å². The molecular formula is C13H19NOS. The zero-order chi connectivity index (χ0) is 11.6. The van der Waals surface area contributed by atoms with Gasteiger partial charge in [0, 0.05) is 16.7 Å². The maximum Gasteiger partial charge on any atom is 0.0783 e. The molecule has 1 aliphatic heterocycles. The fraction of sp³-hybridized carbons (Fsp3) is 0.538. The van der Waals surface area contributed by atoms with Crippen LogP contribution in [0.4, 0.5) is 0 Å². The van der Waals surface area contributed by atoms with E-state index in [4.69, 9.17) is 0 Å². The predicted octanol–water partition coefficient (Wildman–Crippen LogP) is 3.33. The van der Waals surface area contributed by atoms with Crippen LogP contribution in [0, 0.1) is 5.92 Å². The van der Waals surface area contributed by atoms with Crippen LogP contribution >= 0.6 is 0 Å². The summed E-state index contributed by atoms with van der Waals surface area (Å²) in [5, 5.41) is 0.212. The van der Waals surface area contributed by atoms with Gasteiger partial charge >= 0.3 is 0 Å². The van der Waals surface area contributed by atoms with Crippen LogP contribution in [0.3, 0.4) is 0 Å². The van der Waals surface area contributed by atoms with Gasteiger partial charge in [0.05, 0.1) is 9.73 Å². The maximum atomic E-state index is 13.0. The van der Waals surface area contributed by atoms with Crippen molar-refractivity contribution < 1.29 is 4.21 Å². The van der Waals surface area contributed by atoms with Crippen LogP contribution in [0.25, 0.3) is 0 Å². The molecular weight excluding hydrogens is 218 g/mol. The van der Waals surface area contributed by atoms with Crippen molar-refractivity contribution in [2.75, 3.05) is 6.54 Å². The lowest BCUT2D eigenvalue weighted by atomic mass is 10.1. The summed E-state index contributed by atoms with van der Waals surface area (Å²) in [6.45, 7) is 5.04. The van der Waals surface area contributed by atoms with Gasteiger partial charge < -0.3 is 0 Å². The lowest BCUT2D eigenvalue weighted by Gasteiger charge is -2.28. The van der Waals surface area contributed by atoms with E-state index in [1.807, 2.05) is 30.3 Å². The van der Waals surface area contributed by atoms with Gasteiger partial charge in [-0.3, -0.25) is 0 Å². The van der Waals surface area contributed by atoms with Crippen molar-refractivity contribution in [3.63, 3.8) is 0 Å². The molecule has 0 aliphatic carbocycles. The van der Waals surface area contributed by atoms with Crippen molar-refractivity contribution in [1.82, 2.24) is 0 Å². The van der Waals surface area contributed by atoms with E-state index in [0.717, 1.165) is 24.3 Å². The molecule has 88 valence electrons. The molecule has 2 nitrogen and oxygen atoms in total. The Morgan fingerprint density at radius 2 is 2.00 bits per heavy atom. The average Bonchev–Trinajstić information content (AvgIpc) is 2.30. The topological polar surface area (TPSA) is 29.4 Å². The number of rotatable bonds is 2. The highest BCUT2D eigenvalue weighted by Crippen LogP contribution is 2.30. The average molecular weight is 237 g/mol. The minimum Gasteiger partial charge on any atom is -0.244 e. The molecule has 2 atom stereocenters. The molecule has 0 radical (unpaired) electrons. The van der Waals surface area contributed by atoms with Crippen molar-refractivity contribution in [3.05, 3.63) is 30.3 Å².